The van der Waals surface area contributed by atoms with Gasteiger partial charge in [0.15, 0.2) is 0 Å². The van der Waals surface area contributed by atoms with Gasteiger partial charge in [0.1, 0.15) is 0 Å². The fourth-order valence-corrected chi connectivity index (χ4v) is 3.91. The smallest absolute Gasteiger partial charge is 0.0460 e. The van der Waals surface area contributed by atoms with Crippen LogP contribution in [0.25, 0.3) is 22.6 Å². The van der Waals surface area contributed by atoms with Crippen LogP contribution in [0.5, 0.6) is 0 Å². The van der Waals surface area contributed by atoms with E-state index in [-0.39, 0.29) is 0 Å². The van der Waals surface area contributed by atoms with Gasteiger partial charge in [-0.25, -0.2) is 0 Å². The van der Waals surface area contributed by atoms with Crippen LogP contribution in [0.1, 0.15) is 41.9 Å². The van der Waals surface area contributed by atoms with Crippen molar-refractivity contribution in [3.05, 3.63) is 71.4 Å². The maximum atomic E-state index is 5.88. The summed E-state index contributed by atoms with van der Waals surface area (Å²) in [6, 6.07) is 17.3. The Kier molecular flexibility index (Phi) is 3.97. The average Bonchev–Trinajstić information content (AvgIpc) is 3.16. The molecule has 1 N–H and O–H groups in total. The molecule has 1 nitrogen and oxygen atoms in total. The summed E-state index contributed by atoms with van der Waals surface area (Å²) in [5, 5.41) is 1.31. The lowest BCUT2D eigenvalue weighted by Crippen LogP contribution is -1.99. The van der Waals surface area contributed by atoms with E-state index < -0.39 is 0 Å². The van der Waals surface area contributed by atoms with Crippen molar-refractivity contribution in [2.45, 2.75) is 25.2 Å². The number of aromatic nitrogens is 1. The second kappa shape index (κ2) is 6.25. The van der Waals surface area contributed by atoms with E-state index >= 15 is 0 Å². The number of alkyl halides is 1. The molecule has 4 rings (SSSR count). The van der Waals surface area contributed by atoms with Crippen LogP contribution in [0, 0.1) is 0 Å². The van der Waals surface area contributed by atoms with Gasteiger partial charge in [-0.1, -0.05) is 55.0 Å². The van der Waals surface area contributed by atoms with Crippen LogP contribution in [-0.2, 0) is 0 Å². The zero-order chi connectivity index (χ0) is 15.6. The number of fused-ring (bicyclic) bond motifs is 2. The molecule has 1 aromatic heterocycles. The van der Waals surface area contributed by atoms with Crippen molar-refractivity contribution in [2.24, 2.45) is 0 Å². The molecule has 3 aromatic rings. The quantitative estimate of drug-likeness (QED) is 0.424. The summed E-state index contributed by atoms with van der Waals surface area (Å²) in [5.41, 5.74) is 6.82. The summed E-state index contributed by atoms with van der Waals surface area (Å²) in [6.45, 7) is 0. The molecule has 1 aliphatic carbocycles. The predicted octanol–water partition coefficient (Wildman–Crippen LogP) is 6.21. The van der Waals surface area contributed by atoms with Crippen molar-refractivity contribution >= 4 is 34.2 Å². The normalized spacial score (nSPS) is 16.6. The van der Waals surface area contributed by atoms with E-state index in [2.05, 4.69) is 65.8 Å². The summed E-state index contributed by atoms with van der Waals surface area (Å²) in [4.78, 5) is 3.42. The Bertz CT molecular complexity index is 859. The number of H-pyrrole nitrogens is 1. The Morgan fingerprint density at radius 3 is 2.70 bits per heavy atom. The molecule has 116 valence electrons. The second-order valence-corrected chi connectivity index (χ2v) is 6.59. The molecule has 0 saturated carbocycles. The lowest BCUT2D eigenvalue weighted by atomic mass is 9.87. The maximum Gasteiger partial charge on any atom is 0.0460 e. The highest BCUT2D eigenvalue weighted by molar-refractivity contribution is 6.17. The third-order valence-corrected chi connectivity index (χ3v) is 5.10. The van der Waals surface area contributed by atoms with Crippen LogP contribution in [0.4, 0.5) is 0 Å². The van der Waals surface area contributed by atoms with Crippen LogP contribution in [-0.4, -0.2) is 10.9 Å². The van der Waals surface area contributed by atoms with Crippen molar-refractivity contribution in [2.75, 3.05) is 5.88 Å². The number of hydrogen-bond donors (Lipinski definition) is 1. The molecule has 0 bridgehead atoms. The molecule has 1 aliphatic rings. The van der Waals surface area contributed by atoms with Crippen LogP contribution in [0.15, 0.2) is 54.7 Å². The summed E-state index contributed by atoms with van der Waals surface area (Å²) >= 11 is 5.88. The monoisotopic (exact) mass is 321 g/mol. The molecule has 0 radical (unpaired) electrons. The van der Waals surface area contributed by atoms with Crippen molar-refractivity contribution in [1.29, 1.82) is 0 Å². The van der Waals surface area contributed by atoms with Crippen molar-refractivity contribution < 1.29 is 0 Å². The van der Waals surface area contributed by atoms with E-state index in [0.29, 0.717) is 5.92 Å². The molecule has 2 aromatic carbocycles. The highest BCUT2D eigenvalue weighted by Gasteiger charge is 2.26. The summed E-state index contributed by atoms with van der Waals surface area (Å²) in [5.74, 6) is 1.23. The van der Waals surface area contributed by atoms with Gasteiger partial charge in [-0.15, -0.1) is 11.6 Å². The third kappa shape index (κ3) is 2.60. The van der Waals surface area contributed by atoms with Gasteiger partial charge in [0.05, 0.1) is 0 Å². The second-order valence-electron chi connectivity index (χ2n) is 6.21. The minimum Gasteiger partial charge on any atom is -0.361 e. The Balaban J connectivity index is 1.77. The van der Waals surface area contributed by atoms with E-state index in [1.807, 2.05) is 0 Å². The number of rotatable bonds is 5. The first-order chi connectivity index (χ1) is 11.4. The molecule has 23 heavy (non-hydrogen) atoms. The van der Waals surface area contributed by atoms with Crippen LogP contribution in [0.3, 0.4) is 0 Å². The molecule has 0 saturated heterocycles. The summed E-state index contributed by atoms with van der Waals surface area (Å²) < 4.78 is 0. The number of para-hydroxylation sites is 1. The number of halogens is 1. The minimum absolute atomic E-state index is 0.480. The van der Waals surface area contributed by atoms with Gasteiger partial charge >= 0.3 is 0 Å². The molecule has 0 fully saturated rings. The van der Waals surface area contributed by atoms with Gasteiger partial charge in [0.25, 0.3) is 0 Å². The first-order valence-electron chi connectivity index (χ1n) is 8.31. The molecule has 1 unspecified atom stereocenters. The van der Waals surface area contributed by atoms with E-state index in [4.69, 9.17) is 11.6 Å². The number of nitrogens with one attached hydrogen (secondary N) is 1. The van der Waals surface area contributed by atoms with Gasteiger partial charge in [-0.3, -0.25) is 0 Å². The summed E-state index contributed by atoms with van der Waals surface area (Å²) in [6.07, 6.45) is 7.95. The van der Waals surface area contributed by atoms with E-state index in [1.165, 1.54) is 39.6 Å². The average molecular weight is 322 g/mol. The summed E-state index contributed by atoms with van der Waals surface area (Å²) in [7, 11) is 0. The number of allylic oxidation sites excluding steroid dienone is 1. The largest absolute Gasteiger partial charge is 0.361 e. The maximum absolute atomic E-state index is 5.88. The van der Waals surface area contributed by atoms with Crippen LogP contribution >= 0.6 is 11.6 Å². The topological polar surface area (TPSA) is 15.8 Å². The number of benzene rings is 2. The number of hydrogen-bond acceptors (Lipinski definition) is 0. The highest BCUT2D eigenvalue weighted by atomic mass is 35.5. The minimum atomic E-state index is 0.480. The molecule has 0 spiro atoms. The SMILES string of the molecule is ClCCCCC1C(c2c[nH]c3ccccc23)=Cc2ccccc21. The Morgan fingerprint density at radius 1 is 0.957 bits per heavy atom. The molecule has 1 atom stereocenters. The van der Waals surface area contributed by atoms with E-state index in [1.54, 1.807) is 0 Å². The molecule has 1 heterocycles. The number of aromatic amines is 1. The van der Waals surface area contributed by atoms with Gasteiger partial charge in [0, 0.05) is 34.5 Å². The number of unbranched alkanes of at least 4 members (excludes halogenated alkanes) is 1. The fraction of sp³-hybridized carbons (Fsp3) is 0.238. The predicted molar refractivity (Wildman–Crippen MR) is 99.9 cm³/mol. The Morgan fingerprint density at radius 2 is 1.78 bits per heavy atom. The first-order valence-corrected chi connectivity index (χ1v) is 8.85. The Hall–Kier alpha value is -1.99. The zero-order valence-electron chi connectivity index (χ0n) is 13.1. The van der Waals surface area contributed by atoms with E-state index in [0.717, 1.165) is 18.7 Å². The van der Waals surface area contributed by atoms with Crippen LogP contribution < -0.4 is 0 Å². The molecule has 0 amide bonds. The molecular weight excluding hydrogens is 302 g/mol. The Labute approximate surface area is 142 Å². The van der Waals surface area contributed by atoms with Gasteiger partial charge in [-0.05, 0) is 35.6 Å². The van der Waals surface area contributed by atoms with Gasteiger partial charge in [0.2, 0.25) is 0 Å². The zero-order valence-corrected chi connectivity index (χ0v) is 13.8. The van der Waals surface area contributed by atoms with Crippen molar-refractivity contribution in [1.82, 2.24) is 4.98 Å². The van der Waals surface area contributed by atoms with Crippen molar-refractivity contribution in [3.8, 4) is 0 Å². The highest BCUT2D eigenvalue weighted by Crippen LogP contribution is 2.46. The standard InChI is InChI=1S/C21H20ClN/c22-12-6-5-9-17-16-8-2-1-7-15(16)13-19(17)20-14-23-21-11-4-3-10-18(20)21/h1-4,7-8,10-11,13-14,17,23H,5-6,9,12H2. The van der Waals surface area contributed by atoms with Crippen molar-refractivity contribution in [3.63, 3.8) is 0 Å². The molecular formula is C21H20ClN. The molecule has 2 heteroatoms. The lowest BCUT2D eigenvalue weighted by molar-refractivity contribution is 0.681. The lowest BCUT2D eigenvalue weighted by Gasteiger charge is -2.16. The van der Waals surface area contributed by atoms with E-state index in [9.17, 15) is 0 Å². The van der Waals surface area contributed by atoms with Crippen LogP contribution in [0.2, 0.25) is 0 Å². The van der Waals surface area contributed by atoms with Gasteiger partial charge < -0.3 is 4.98 Å². The fourth-order valence-electron chi connectivity index (χ4n) is 3.73. The first kappa shape index (κ1) is 14.6. The molecule has 0 aliphatic heterocycles. The van der Waals surface area contributed by atoms with Gasteiger partial charge in [-0.2, -0.15) is 0 Å². The third-order valence-electron chi connectivity index (χ3n) is 4.83.